The molecule has 0 spiro atoms. The Kier molecular flexibility index (Phi) is 7.00. The molecule has 0 aliphatic carbocycles. The highest BCUT2D eigenvalue weighted by atomic mass is 35.5. The Bertz CT molecular complexity index is 703. The van der Waals surface area contributed by atoms with E-state index in [1.54, 1.807) is 0 Å². The fraction of sp³-hybridized carbons (Fsp3) is 0.455. The first-order chi connectivity index (χ1) is 13.1. The van der Waals surface area contributed by atoms with Crippen LogP contribution in [0, 0.1) is 0 Å². The van der Waals surface area contributed by atoms with Crippen LogP contribution in [0.3, 0.4) is 0 Å². The number of halogens is 1. The normalized spacial score (nSPS) is 19.1. The molecule has 2 aromatic carbocycles. The van der Waals surface area contributed by atoms with Crippen LogP contribution < -0.4 is 9.47 Å². The number of ether oxygens (including phenoxy) is 3. The van der Waals surface area contributed by atoms with E-state index in [1.165, 1.54) is 0 Å². The lowest BCUT2D eigenvalue weighted by Gasteiger charge is -2.39. The van der Waals surface area contributed by atoms with E-state index in [2.05, 4.69) is 30.9 Å². The van der Waals surface area contributed by atoms with Crippen molar-refractivity contribution < 1.29 is 14.2 Å². The molecule has 1 heterocycles. The highest BCUT2D eigenvalue weighted by Crippen LogP contribution is 2.30. The molecule has 5 heteroatoms. The van der Waals surface area contributed by atoms with Crippen LogP contribution in [0.1, 0.15) is 32.4 Å². The summed E-state index contributed by atoms with van der Waals surface area (Å²) in [5, 5.41) is 0.694. The Morgan fingerprint density at radius 2 is 1.74 bits per heavy atom. The van der Waals surface area contributed by atoms with E-state index in [9.17, 15) is 0 Å². The fourth-order valence-corrected chi connectivity index (χ4v) is 3.41. The van der Waals surface area contributed by atoms with Crippen LogP contribution >= 0.6 is 11.6 Å². The highest BCUT2D eigenvalue weighted by Gasteiger charge is 2.32. The summed E-state index contributed by atoms with van der Waals surface area (Å²) in [5.41, 5.74) is 1.07. The van der Waals surface area contributed by atoms with Gasteiger partial charge in [-0.1, -0.05) is 23.7 Å². The summed E-state index contributed by atoms with van der Waals surface area (Å²) >= 11 is 6.01. The summed E-state index contributed by atoms with van der Waals surface area (Å²) in [5.74, 6) is 1.64. The number of hydrogen-bond acceptors (Lipinski definition) is 4. The van der Waals surface area contributed by atoms with Gasteiger partial charge in [0.1, 0.15) is 17.6 Å². The predicted molar refractivity (Wildman–Crippen MR) is 109 cm³/mol. The first-order valence-electron chi connectivity index (χ1n) is 9.57. The van der Waals surface area contributed by atoms with Crippen molar-refractivity contribution in [1.29, 1.82) is 0 Å². The van der Waals surface area contributed by atoms with Crippen molar-refractivity contribution in [2.75, 3.05) is 26.3 Å². The van der Waals surface area contributed by atoms with Gasteiger partial charge in [-0.3, -0.25) is 4.90 Å². The molecule has 1 fully saturated rings. The van der Waals surface area contributed by atoms with Crippen molar-refractivity contribution in [3.63, 3.8) is 0 Å². The van der Waals surface area contributed by atoms with Gasteiger partial charge in [-0.25, -0.2) is 0 Å². The lowest BCUT2D eigenvalue weighted by molar-refractivity contribution is -0.0885. The van der Waals surface area contributed by atoms with E-state index in [-0.39, 0.29) is 12.2 Å². The van der Waals surface area contributed by atoms with Crippen LogP contribution in [-0.2, 0) is 4.74 Å². The maximum absolute atomic E-state index is 6.37. The first kappa shape index (κ1) is 20.0. The second-order valence-electron chi connectivity index (χ2n) is 6.99. The van der Waals surface area contributed by atoms with Crippen LogP contribution in [0.4, 0.5) is 0 Å². The molecule has 27 heavy (non-hydrogen) atoms. The second-order valence-corrected chi connectivity index (χ2v) is 7.43. The van der Waals surface area contributed by atoms with Gasteiger partial charge in [-0.15, -0.1) is 0 Å². The summed E-state index contributed by atoms with van der Waals surface area (Å²) in [6.45, 7) is 9.56. The molecule has 1 saturated heterocycles. The molecule has 2 unspecified atom stereocenters. The SMILES string of the molecule is CCOc1ccc(C(Oc2ccc(Cl)cc2)C2CN(C(C)C)CCO2)cc1. The first-order valence-corrected chi connectivity index (χ1v) is 9.95. The number of rotatable bonds is 7. The Hall–Kier alpha value is -1.75. The lowest BCUT2D eigenvalue weighted by Crippen LogP contribution is -2.48. The molecule has 1 aliphatic rings. The van der Waals surface area contributed by atoms with E-state index in [4.69, 9.17) is 25.8 Å². The zero-order valence-corrected chi connectivity index (χ0v) is 17.0. The van der Waals surface area contributed by atoms with Crippen LogP contribution in [0.25, 0.3) is 0 Å². The summed E-state index contributed by atoms with van der Waals surface area (Å²) in [4.78, 5) is 2.43. The van der Waals surface area contributed by atoms with E-state index < -0.39 is 0 Å². The molecule has 0 radical (unpaired) electrons. The van der Waals surface area contributed by atoms with Crippen molar-refractivity contribution in [1.82, 2.24) is 4.90 Å². The molecule has 0 bridgehead atoms. The summed E-state index contributed by atoms with van der Waals surface area (Å²) < 4.78 is 18.1. The molecule has 0 amide bonds. The molecule has 0 aromatic heterocycles. The average Bonchev–Trinajstić information content (AvgIpc) is 2.69. The van der Waals surface area contributed by atoms with Gasteiger partial charge in [-0.2, -0.15) is 0 Å². The quantitative estimate of drug-likeness (QED) is 0.669. The zero-order chi connectivity index (χ0) is 19.2. The van der Waals surface area contributed by atoms with Gasteiger partial charge in [0.25, 0.3) is 0 Å². The van der Waals surface area contributed by atoms with Gasteiger partial charge in [0.15, 0.2) is 6.10 Å². The Morgan fingerprint density at radius 3 is 2.37 bits per heavy atom. The predicted octanol–water partition coefficient (Wildman–Crippen LogP) is 4.97. The fourth-order valence-electron chi connectivity index (χ4n) is 3.29. The molecule has 146 valence electrons. The van der Waals surface area contributed by atoms with Gasteiger partial charge < -0.3 is 14.2 Å². The highest BCUT2D eigenvalue weighted by molar-refractivity contribution is 6.30. The Morgan fingerprint density at radius 1 is 1.07 bits per heavy atom. The minimum atomic E-state index is -0.205. The van der Waals surface area contributed by atoms with Gasteiger partial charge >= 0.3 is 0 Å². The molecule has 0 N–H and O–H groups in total. The molecule has 0 saturated carbocycles. The molecule has 4 nitrogen and oxygen atoms in total. The average molecular weight is 390 g/mol. The lowest BCUT2D eigenvalue weighted by atomic mass is 10.0. The summed E-state index contributed by atoms with van der Waals surface area (Å²) in [6.07, 6.45) is -0.252. The van der Waals surface area contributed by atoms with E-state index in [0.717, 1.165) is 30.2 Å². The van der Waals surface area contributed by atoms with E-state index >= 15 is 0 Å². The minimum absolute atomic E-state index is 0.0465. The molecular formula is C22H28ClNO3. The van der Waals surface area contributed by atoms with Crippen molar-refractivity contribution in [2.45, 2.75) is 39.0 Å². The van der Waals surface area contributed by atoms with E-state index in [0.29, 0.717) is 24.3 Å². The second kappa shape index (κ2) is 9.45. The van der Waals surface area contributed by atoms with Crippen molar-refractivity contribution in [3.05, 3.63) is 59.1 Å². The number of hydrogen-bond donors (Lipinski definition) is 0. The third-order valence-corrected chi connectivity index (χ3v) is 5.04. The van der Waals surface area contributed by atoms with E-state index in [1.807, 2.05) is 43.3 Å². The van der Waals surface area contributed by atoms with Gasteiger partial charge in [0, 0.05) is 24.2 Å². The standard InChI is InChI=1S/C22H28ClNO3/c1-4-25-19-9-5-17(6-10-19)22(27-20-11-7-18(23)8-12-20)21-15-24(16(2)3)13-14-26-21/h5-12,16,21-22H,4,13-15H2,1-3H3. The third-order valence-electron chi connectivity index (χ3n) is 4.79. The van der Waals surface area contributed by atoms with Crippen LogP contribution in [0.5, 0.6) is 11.5 Å². The third kappa shape index (κ3) is 5.38. The maximum atomic E-state index is 6.37. The summed E-state index contributed by atoms with van der Waals surface area (Å²) in [6, 6.07) is 16.0. The Balaban J connectivity index is 1.84. The minimum Gasteiger partial charge on any atom is -0.494 e. The molecular weight excluding hydrogens is 362 g/mol. The van der Waals surface area contributed by atoms with Crippen LogP contribution in [0.2, 0.25) is 5.02 Å². The van der Waals surface area contributed by atoms with Gasteiger partial charge in [0.05, 0.1) is 13.2 Å². The number of morpholine rings is 1. The number of benzene rings is 2. The van der Waals surface area contributed by atoms with Crippen LogP contribution in [-0.4, -0.2) is 43.3 Å². The van der Waals surface area contributed by atoms with Gasteiger partial charge in [-0.05, 0) is 62.7 Å². The monoisotopic (exact) mass is 389 g/mol. The largest absolute Gasteiger partial charge is 0.494 e. The number of nitrogens with zero attached hydrogens (tertiary/aromatic N) is 1. The Labute approximate surface area is 167 Å². The topological polar surface area (TPSA) is 30.9 Å². The molecule has 3 rings (SSSR count). The van der Waals surface area contributed by atoms with Gasteiger partial charge in [0.2, 0.25) is 0 Å². The zero-order valence-electron chi connectivity index (χ0n) is 16.2. The molecule has 2 atom stereocenters. The van der Waals surface area contributed by atoms with Crippen molar-refractivity contribution in [2.24, 2.45) is 0 Å². The smallest absolute Gasteiger partial charge is 0.151 e. The summed E-state index contributed by atoms with van der Waals surface area (Å²) in [7, 11) is 0. The maximum Gasteiger partial charge on any atom is 0.151 e. The van der Waals surface area contributed by atoms with Crippen LogP contribution in [0.15, 0.2) is 48.5 Å². The van der Waals surface area contributed by atoms with Crippen molar-refractivity contribution in [3.8, 4) is 11.5 Å². The van der Waals surface area contributed by atoms with Crippen molar-refractivity contribution >= 4 is 11.6 Å². The molecule has 1 aliphatic heterocycles. The molecule has 2 aromatic rings.